The number of carbonyl (C=O) groups excluding carboxylic acids is 3. The van der Waals surface area contributed by atoms with Crippen molar-refractivity contribution in [3.63, 3.8) is 0 Å². The molecule has 0 aliphatic rings. The van der Waals surface area contributed by atoms with E-state index in [9.17, 15) is 14.4 Å². The summed E-state index contributed by atoms with van der Waals surface area (Å²) in [4.78, 5) is 31.7. The van der Waals surface area contributed by atoms with Crippen LogP contribution in [0.4, 0.5) is 0 Å². The molecule has 0 aromatic heterocycles. The van der Waals surface area contributed by atoms with Crippen molar-refractivity contribution in [2.45, 2.75) is 19.3 Å². The van der Waals surface area contributed by atoms with E-state index in [1.54, 1.807) is 0 Å². The average molecular weight is 210 g/mol. The molecule has 0 spiro atoms. The van der Waals surface area contributed by atoms with Crippen LogP contribution < -0.4 is 0 Å². The third-order valence-electron chi connectivity index (χ3n) is 1.61. The number of hydrogen-bond donors (Lipinski definition) is 0. The standard InChI is InChI=1S/C11H14O4/c1-15-11(14)8-5-7-10(13)6-3-2-4-9-12/h2-4,6,9H,5,7-8H2,1H3. The van der Waals surface area contributed by atoms with Crippen LogP contribution in [0.1, 0.15) is 19.3 Å². The van der Waals surface area contributed by atoms with Gasteiger partial charge in [0.2, 0.25) is 0 Å². The van der Waals surface area contributed by atoms with Crippen LogP contribution in [-0.4, -0.2) is 25.1 Å². The van der Waals surface area contributed by atoms with Gasteiger partial charge in [0.1, 0.15) is 6.29 Å². The van der Waals surface area contributed by atoms with Gasteiger partial charge in [0.05, 0.1) is 7.11 Å². The minimum atomic E-state index is -0.312. The van der Waals surface area contributed by atoms with Crippen molar-refractivity contribution in [2.24, 2.45) is 0 Å². The minimum absolute atomic E-state index is 0.0746. The van der Waals surface area contributed by atoms with Crippen molar-refractivity contribution in [3.8, 4) is 0 Å². The van der Waals surface area contributed by atoms with Crippen LogP contribution in [-0.2, 0) is 19.1 Å². The van der Waals surface area contributed by atoms with E-state index in [1.165, 1.54) is 31.4 Å². The number of esters is 1. The summed E-state index contributed by atoms with van der Waals surface area (Å²) in [7, 11) is 1.31. The summed E-state index contributed by atoms with van der Waals surface area (Å²) < 4.78 is 4.43. The van der Waals surface area contributed by atoms with Gasteiger partial charge in [-0.1, -0.05) is 12.2 Å². The van der Waals surface area contributed by atoms with Gasteiger partial charge >= 0.3 is 5.97 Å². The van der Waals surface area contributed by atoms with Crippen molar-refractivity contribution >= 4 is 18.0 Å². The Bertz CT molecular complexity index is 276. The Kier molecular flexibility index (Phi) is 7.86. The van der Waals surface area contributed by atoms with Crippen LogP contribution in [0.25, 0.3) is 0 Å². The molecular weight excluding hydrogens is 196 g/mol. The lowest BCUT2D eigenvalue weighted by Crippen LogP contribution is -2.01. The fraction of sp³-hybridized carbons (Fsp3) is 0.364. The zero-order chi connectivity index (χ0) is 11.5. The number of ether oxygens (including phenoxy) is 1. The fourth-order valence-electron chi connectivity index (χ4n) is 0.865. The molecule has 0 atom stereocenters. The molecule has 0 unspecified atom stereocenters. The van der Waals surface area contributed by atoms with Crippen molar-refractivity contribution in [3.05, 3.63) is 24.3 Å². The van der Waals surface area contributed by atoms with Gasteiger partial charge in [-0.25, -0.2) is 0 Å². The molecular formula is C11H14O4. The van der Waals surface area contributed by atoms with Crippen LogP contribution >= 0.6 is 0 Å². The number of hydrogen-bond acceptors (Lipinski definition) is 4. The topological polar surface area (TPSA) is 60.4 Å². The molecule has 0 amide bonds. The molecule has 0 aromatic rings. The van der Waals surface area contributed by atoms with Gasteiger partial charge < -0.3 is 4.74 Å². The average Bonchev–Trinajstić information content (AvgIpc) is 2.24. The van der Waals surface area contributed by atoms with Gasteiger partial charge in [0, 0.05) is 12.8 Å². The molecule has 0 aromatic carbocycles. The predicted molar refractivity (Wildman–Crippen MR) is 55.2 cm³/mol. The molecule has 0 heterocycles. The third-order valence-corrected chi connectivity index (χ3v) is 1.61. The zero-order valence-electron chi connectivity index (χ0n) is 8.64. The highest BCUT2D eigenvalue weighted by atomic mass is 16.5. The van der Waals surface area contributed by atoms with Gasteiger partial charge in [-0.2, -0.15) is 0 Å². The Hall–Kier alpha value is -1.71. The Morgan fingerprint density at radius 3 is 2.47 bits per heavy atom. The minimum Gasteiger partial charge on any atom is -0.469 e. The first-order valence-corrected chi connectivity index (χ1v) is 4.59. The second-order valence-corrected chi connectivity index (χ2v) is 2.78. The lowest BCUT2D eigenvalue weighted by molar-refractivity contribution is -0.140. The Labute approximate surface area is 88.6 Å². The summed E-state index contributed by atoms with van der Waals surface area (Å²) in [6.07, 6.45) is 7.30. The second-order valence-electron chi connectivity index (χ2n) is 2.78. The van der Waals surface area contributed by atoms with Crippen LogP contribution in [0.3, 0.4) is 0 Å². The third kappa shape index (κ3) is 8.62. The van der Waals surface area contributed by atoms with Crippen molar-refractivity contribution in [2.75, 3.05) is 7.11 Å². The van der Waals surface area contributed by atoms with Crippen LogP contribution in [0.15, 0.2) is 24.3 Å². The molecule has 0 fully saturated rings. The number of rotatable bonds is 7. The van der Waals surface area contributed by atoms with Crippen molar-refractivity contribution in [1.29, 1.82) is 0 Å². The molecule has 0 aliphatic heterocycles. The molecule has 0 bridgehead atoms. The predicted octanol–water partition coefficient (Wildman–Crippen LogP) is 1.21. The first kappa shape index (κ1) is 13.3. The number of carbonyl (C=O) groups is 3. The molecule has 82 valence electrons. The van der Waals surface area contributed by atoms with E-state index in [2.05, 4.69) is 4.74 Å². The number of allylic oxidation sites excluding steroid dienone is 4. The smallest absolute Gasteiger partial charge is 0.305 e. The SMILES string of the molecule is COC(=O)CCCC(=O)C=CC=CC=O. The Morgan fingerprint density at radius 2 is 1.87 bits per heavy atom. The largest absolute Gasteiger partial charge is 0.469 e. The van der Waals surface area contributed by atoms with E-state index in [0.29, 0.717) is 19.1 Å². The summed E-state index contributed by atoms with van der Waals surface area (Å²) in [5.41, 5.74) is 0. The summed E-state index contributed by atoms with van der Waals surface area (Å²) in [5, 5.41) is 0. The maximum Gasteiger partial charge on any atom is 0.305 e. The van der Waals surface area contributed by atoms with Gasteiger partial charge in [-0.05, 0) is 18.6 Å². The Balaban J connectivity index is 3.66. The lowest BCUT2D eigenvalue weighted by Gasteiger charge is -1.96. The molecule has 4 heteroatoms. The van der Waals surface area contributed by atoms with E-state index in [1.807, 2.05) is 0 Å². The number of aldehydes is 1. The van der Waals surface area contributed by atoms with Crippen LogP contribution in [0, 0.1) is 0 Å². The van der Waals surface area contributed by atoms with Gasteiger partial charge in [0.15, 0.2) is 5.78 Å². The van der Waals surface area contributed by atoms with Gasteiger partial charge in [-0.15, -0.1) is 0 Å². The summed E-state index contributed by atoms with van der Waals surface area (Å²) in [6.45, 7) is 0. The number of methoxy groups -OCH3 is 1. The molecule has 15 heavy (non-hydrogen) atoms. The van der Waals surface area contributed by atoms with Crippen LogP contribution in [0.5, 0.6) is 0 Å². The normalized spacial score (nSPS) is 10.7. The molecule has 0 saturated carbocycles. The molecule has 0 rings (SSSR count). The molecule has 0 aliphatic carbocycles. The lowest BCUT2D eigenvalue weighted by atomic mass is 10.1. The highest BCUT2D eigenvalue weighted by Crippen LogP contribution is 1.99. The maximum absolute atomic E-state index is 11.1. The molecule has 0 N–H and O–H groups in total. The highest BCUT2D eigenvalue weighted by Gasteiger charge is 2.01. The van der Waals surface area contributed by atoms with E-state index in [-0.39, 0.29) is 18.2 Å². The molecule has 0 radical (unpaired) electrons. The number of ketones is 1. The monoisotopic (exact) mass is 210 g/mol. The van der Waals surface area contributed by atoms with Gasteiger partial charge in [-0.3, -0.25) is 14.4 Å². The van der Waals surface area contributed by atoms with Crippen molar-refractivity contribution in [1.82, 2.24) is 0 Å². The summed E-state index contributed by atoms with van der Waals surface area (Å²) in [6, 6.07) is 0. The first-order valence-electron chi connectivity index (χ1n) is 4.59. The second kappa shape index (κ2) is 8.87. The van der Waals surface area contributed by atoms with Crippen LogP contribution in [0.2, 0.25) is 0 Å². The summed E-state index contributed by atoms with van der Waals surface area (Å²) in [5.74, 6) is -0.387. The highest BCUT2D eigenvalue weighted by molar-refractivity contribution is 5.90. The Morgan fingerprint density at radius 1 is 1.13 bits per heavy atom. The fourth-order valence-corrected chi connectivity index (χ4v) is 0.865. The maximum atomic E-state index is 11.1. The van der Waals surface area contributed by atoms with E-state index >= 15 is 0 Å². The molecule has 4 nitrogen and oxygen atoms in total. The first-order chi connectivity index (χ1) is 7.20. The summed E-state index contributed by atoms with van der Waals surface area (Å²) >= 11 is 0. The van der Waals surface area contributed by atoms with E-state index < -0.39 is 0 Å². The zero-order valence-corrected chi connectivity index (χ0v) is 8.64. The quantitative estimate of drug-likeness (QED) is 0.274. The molecule has 0 saturated heterocycles. The van der Waals surface area contributed by atoms with Crippen molar-refractivity contribution < 1.29 is 19.1 Å². The van der Waals surface area contributed by atoms with E-state index in [0.717, 1.165) is 0 Å². The van der Waals surface area contributed by atoms with Gasteiger partial charge in [0.25, 0.3) is 0 Å². The van der Waals surface area contributed by atoms with E-state index in [4.69, 9.17) is 0 Å².